The fraction of sp³-hybridized carbons (Fsp3) is 0.300. The summed E-state index contributed by atoms with van der Waals surface area (Å²) in [7, 11) is 0. The van der Waals surface area contributed by atoms with Gasteiger partial charge in [0.25, 0.3) is 0 Å². The molecule has 12 heavy (non-hydrogen) atoms. The van der Waals surface area contributed by atoms with Gasteiger partial charge in [-0.3, -0.25) is 4.99 Å². The molecule has 62 valence electrons. The molecule has 2 rings (SSSR count). The number of hydrogen-bond acceptors (Lipinski definition) is 2. The molecule has 2 heteroatoms. The molecule has 0 saturated heterocycles. The van der Waals surface area contributed by atoms with Gasteiger partial charge in [0, 0.05) is 6.92 Å². The van der Waals surface area contributed by atoms with E-state index in [1.807, 2.05) is 19.1 Å². The summed E-state index contributed by atoms with van der Waals surface area (Å²) in [6, 6.07) is 8.25. The first kappa shape index (κ1) is 7.35. The largest absolute Gasteiger partial charge is 0.476 e. The number of benzene rings is 1. The minimum Gasteiger partial charge on any atom is -0.476 e. The highest BCUT2D eigenvalue weighted by atomic mass is 16.5. The molecule has 0 atom stereocenters. The fourth-order valence-corrected chi connectivity index (χ4v) is 1.28. The third-order valence-corrected chi connectivity index (χ3v) is 2.03. The predicted octanol–water partition coefficient (Wildman–Crippen LogP) is 2.14. The van der Waals surface area contributed by atoms with Gasteiger partial charge in [-0.2, -0.15) is 0 Å². The molecular formula is C10H11NO. The summed E-state index contributed by atoms with van der Waals surface area (Å²) in [5.74, 6) is 0.784. The number of ether oxygens (including phenoxy) is 1. The van der Waals surface area contributed by atoms with Crippen LogP contribution in [0.15, 0.2) is 29.3 Å². The molecule has 0 saturated carbocycles. The molecule has 1 aliphatic heterocycles. The number of hydrogen-bond donors (Lipinski definition) is 0. The second-order valence-corrected chi connectivity index (χ2v) is 2.89. The Morgan fingerprint density at radius 1 is 1.25 bits per heavy atom. The summed E-state index contributed by atoms with van der Waals surface area (Å²) in [4.78, 5) is 4.26. The molecule has 1 aromatic rings. The van der Waals surface area contributed by atoms with Crippen molar-refractivity contribution < 1.29 is 4.74 Å². The summed E-state index contributed by atoms with van der Waals surface area (Å²) in [5.41, 5.74) is 2.52. The van der Waals surface area contributed by atoms with E-state index in [4.69, 9.17) is 4.74 Å². The first-order valence-corrected chi connectivity index (χ1v) is 4.07. The molecule has 0 aromatic heterocycles. The summed E-state index contributed by atoms with van der Waals surface area (Å²) in [6.07, 6.45) is 0. The van der Waals surface area contributed by atoms with Crippen LogP contribution < -0.4 is 0 Å². The van der Waals surface area contributed by atoms with Crippen LogP contribution in [-0.4, -0.2) is 5.90 Å². The monoisotopic (exact) mass is 161 g/mol. The van der Waals surface area contributed by atoms with Crippen molar-refractivity contribution in [3.8, 4) is 0 Å². The Morgan fingerprint density at radius 3 is 2.83 bits per heavy atom. The van der Waals surface area contributed by atoms with Crippen LogP contribution in [0.2, 0.25) is 0 Å². The van der Waals surface area contributed by atoms with Gasteiger partial charge in [-0.05, 0) is 11.1 Å². The van der Waals surface area contributed by atoms with E-state index in [0.717, 1.165) is 12.4 Å². The van der Waals surface area contributed by atoms with E-state index >= 15 is 0 Å². The minimum absolute atomic E-state index is 0.658. The van der Waals surface area contributed by atoms with Crippen molar-refractivity contribution in [2.45, 2.75) is 20.1 Å². The molecule has 1 heterocycles. The van der Waals surface area contributed by atoms with Crippen LogP contribution >= 0.6 is 0 Å². The number of nitrogens with zero attached hydrogens (tertiary/aromatic N) is 1. The van der Waals surface area contributed by atoms with Gasteiger partial charge in [0.1, 0.15) is 6.61 Å². The normalized spacial score (nSPS) is 15.6. The molecule has 2 nitrogen and oxygen atoms in total. The predicted molar refractivity (Wildman–Crippen MR) is 48.0 cm³/mol. The van der Waals surface area contributed by atoms with Crippen molar-refractivity contribution in [3.63, 3.8) is 0 Å². The molecule has 0 bridgehead atoms. The van der Waals surface area contributed by atoms with Crippen LogP contribution in [-0.2, 0) is 17.9 Å². The molecule has 0 aliphatic carbocycles. The second-order valence-electron chi connectivity index (χ2n) is 2.89. The van der Waals surface area contributed by atoms with Crippen molar-refractivity contribution in [2.75, 3.05) is 0 Å². The van der Waals surface area contributed by atoms with Gasteiger partial charge in [0.15, 0.2) is 5.90 Å². The molecule has 1 aromatic carbocycles. The highest BCUT2D eigenvalue weighted by Crippen LogP contribution is 2.14. The SMILES string of the molecule is CC1=NCc2ccccc2CO1. The maximum absolute atomic E-state index is 5.38. The zero-order valence-corrected chi connectivity index (χ0v) is 7.08. The van der Waals surface area contributed by atoms with Crippen LogP contribution in [0.25, 0.3) is 0 Å². The third-order valence-electron chi connectivity index (χ3n) is 2.03. The maximum Gasteiger partial charge on any atom is 0.180 e. The standard InChI is InChI=1S/C10H11NO/c1-8-11-6-9-4-2-3-5-10(9)7-12-8/h2-5H,6-7H2,1H3. The number of rotatable bonds is 0. The van der Waals surface area contributed by atoms with Crippen LogP contribution in [0, 0.1) is 0 Å². The average Bonchev–Trinajstić information content (AvgIpc) is 2.29. The summed E-state index contributed by atoms with van der Waals surface area (Å²) < 4.78 is 5.38. The maximum atomic E-state index is 5.38. The first-order chi connectivity index (χ1) is 5.86. The lowest BCUT2D eigenvalue weighted by atomic mass is 10.1. The van der Waals surface area contributed by atoms with Crippen molar-refractivity contribution in [2.24, 2.45) is 4.99 Å². The molecule has 0 fully saturated rings. The van der Waals surface area contributed by atoms with Gasteiger partial charge in [0.05, 0.1) is 6.54 Å². The van der Waals surface area contributed by atoms with E-state index in [9.17, 15) is 0 Å². The van der Waals surface area contributed by atoms with Gasteiger partial charge in [-0.15, -0.1) is 0 Å². The Hall–Kier alpha value is -1.31. The lowest BCUT2D eigenvalue weighted by molar-refractivity contribution is 0.292. The van der Waals surface area contributed by atoms with E-state index in [-0.39, 0.29) is 0 Å². The molecule has 0 amide bonds. The molecular weight excluding hydrogens is 150 g/mol. The van der Waals surface area contributed by atoms with E-state index in [1.54, 1.807) is 0 Å². The number of fused-ring (bicyclic) bond motifs is 1. The van der Waals surface area contributed by atoms with Gasteiger partial charge in [-0.25, -0.2) is 0 Å². The highest BCUT2D eigenvalue weighted by Gasteiger charge is 2.05. The first-order valence-electron chi connectivity index (χ1n) is 4.07. The van der Waals surface area contributed by atoms with E-state index < -0.39 is 0 Å². The van der Waals surface area contributed by atoms with Crippen LogP contribution in [0.5, 0.6) is 0 Å². The molecule has 0 N–H and O–H groups in total. The van der Waals surface area contributed by atoms with Gasteiger partial charge < -0.3 is 4.74 Å². The number of aliphatic imine (C=N–C) groups is 1. The van der Waals surface area contributed by atoms with Crippen LogP contribution in [0.3, 0.4) is 0 Å². The molecule has 0 unspecified atom stereocenters. The Labute approximate surface area is 71.9 Å². The smallest absolute Gasteiger partial charge is 0.180 e. The topological polar surface area (TPSA) is 21.6 Å². The van der Waals surface area contributed by atoms with Crippen molar-refractivity contribution >= 4 is 5.90 Å². The highest BCUT2D eigenvalue weighted by molar-refractivity contribution is 5.73. The second kappa shape index (κ2) is 2.97. The third kappa shape index (κ3) is 1.33. The van der Waals surface area contributed by atoms with Crippen LogP contribution in [0.4, 0.5) is 0 Å². The average molecular weight is 161 g/mol. The summed E-state index contributed by atoms with van der Waals surface area (Å²) in [6.45, 7) is 3.30. The minimum atomic E-state index is 0.658. The molecule has 1 aliphatic rings. The van der Waals surface area contributed by atoms with Crippen molar-refractivity contribution in [3.05, 3.63) is 35.4 Å². The zero-order valence-electron chi connectivity index (χ0n) is 7.08. The van der Waals surface area contributed by atoms with E-state index in [1.165, 1.54) is 11.1 Å². The van der Waals surface area contributed by atoms with Crippen LogP contribution in [0.1, 0.15) is 18.1 Å². The van der Waals surface area contributed by atoms with E-state index in [2.05, 4.69) is 17.1 Å². The zero-order chi connectivity index (χ0) is 8.39. The summed E-state index contributed by atoms with van der Waals surface area (Å²) in [5, 5.41) is 0. The fourth-order valence-electron chi connectivity index (χ4n) is 1.28. The molecule has 0 spiro atoms. The quantitative estimate of drug-likeness (QED) is 0.571. The lowest BCUT2D eigenvalue weighted by Gasteiger charge is -2.02. The Morgan fingerprint density at radius 2 is 2.00 bits per heavy atom. The lowest BCUT2D eigenvalue weighted by Crippen LogP contribution is -1.96. The van der Waals surface area contributed by atoms with Gasteiger partial charge in [0.2, 0.25) is 0 Å². The summed E-state index contributed by atoms with van der Waals surface area (Å²) >= 11 is 0. The van der Waals surface area contributed by atoms with E-state index in [0.29, 0.717) is 6.61 Å². The Bertz CT molecular complexity index is 317. The van der Waals surface area contributed by atoms with Crippen molar-refractivity contribution in [1.82, 2.24) is 0 Å². The molecule has 0 radical (unpaired) electrons. The van der Waals surface area contributed by atoms with Crippen molar-refractivity contribution in [1.29, 1.82) is 0 Å². The Balaban J connectivity index is 2.35. The van der Waals surface area contributed by atoms with Gasteiger partial charge >= 0.3 is 0 Å². The Kier molecular flexibility index (Phi) is 1.82. The van der Waals surface area contributed by atoms with Gasteiger partial charge in [-0.1, -0.05) is 24.3 Å².